The predicted molar refractivity (Wildman–Crippen MR) is 112 cm³/mol. The SMILES string of the molecule is C/C=C(\N(c1ccccc1)S(=O)(=O)c1ccc(C)cc1)P(=O)(OCC)OCC. The molecule has 152 valence electrons. The van der Waals surface area contributed by atoms with E-state index in [-0.39, 0.29) is 23.5 Å². The molecule has 0 aromatic heterocycles. The van der Waals surface area contributed by atoms with Gasteiger partial charge < -0.3 is 9.05 Å². The predicted octanol–water partition coefficient (Wildman–Crippen LogP) is 5.32. The standard InChI is InChI=1S/C20H26NO5PS/c1-5-20(27(22,25-6-2)26-7-3)21(18-11-9-8-10-12-18)28(23,24)19-15-13-17(4)14-16-19/h5,8-16H,6-7H2,1-4H3/b20-5+. The third-order valence-electron chi connectivity index (χ3n) is 3.89. The van der Waals surface area contributed by atoms with E-state index < -0.39 is 17.6 Å². The Morgan fingerprint density at radius 2 is 1.54 bits per heavy atom. The zero-order valence-corrected chi connectivity index (χ0v) is 18.2. The van der Waals surface area contributed by atoms with Gasteiger partial charge in [0, 0.05) is 0 Å². The molecule has 0 spiro atoms. The number of para-hydroxylation sites is 1. The topological polar surface area (TPSA) is 72.9 Å². The van der Waals surface area contributed by atoms with E-state index in [2.05, 4.69) is 0 Å². The van der Waals surface area contributed by atoms with Gasteiger partial charge in [0.2, 0.25) is 0 Å². The molecule has 2 aromatic carbocycles. The van der Waals surface area contributed by atoms with Crippen LogP contribution in [-0.4, -0.2) is 21.6 Å². The lowest BCUT2D eigenvalue weighted by molar-refractivity contribution is 0.226. The lowest BCUT2D eigenvalue weighted by Gasteiger charge is -2.30. The Hall–Kier alpha value is -1.92. The Morgan fingerprint density at radius 1 is 1.00 bits per heavy atom. The second kappa shape index (κ2) is 9.52. The summed E-state index contributed by atoms with van der Waals surface area (Å²) in [4.78, 5) is 0.0841. The van der Waals surface area contributed by atoms with Gasteiger partial charge in [-0.2, -0.15) is 0 Å². The van der Waals surface area contributed by atoms with Crippen molar-refractivity contribution in [1.82, 2.24) is 0 Å². The van der Waals surface area contributed by atoms with Crippen LogP contribution in [0.15, 0.2) is 71.0 Å². The summed E-state index contributed by atoms with van der Waals surface area (Å²) >= 11 is 0. The fraction of sp³-hybridized carbons (Fsp3) is 0.300. The summed E-state index contributed by atoms with van der Waals surface area (Å²) in [7, 11) is -7.94. The fourth-order valence-electron chi connectivity index (χ4n) is 2.67. The summed E-state index contributed by atoms with van der Waals surface area (Å²) in [5.74, 6) is 0. The molecule has 0 bridgehead atoms. The third-order valence-corrected chi connectivity index (χ3v) is 8.00. The third kappa shape index (κ3) is 4.73. The van der Waals surface area contributed by atoms with Crippen molar-refractivity contribution in [2.45, 2.75) is 32.6 Å². The molecule has 0 heterocycles. The monoisotopic (exact) mass is 423 g/mol. The van der Waals surface area contributed by atoms with E-state index >= 15 is 0 Å². The maximum Gasteiger partial charge on any atom is 0.378 e. The molecular weight excluding hydrogens is 397 g/mol. The maximum absolute atomic E-state index is 13.6. The number of rotatable bonds is 9. The molecule has 0 aliphatic rings. The summed E-state index contributed by atoms with van der Waals surface area (Å²) in [5.41, 5.74) is 1.24. The lowest BCUT2D eigenvalue weighted by atomic mass is 10.2. The molecule has 8 heteroatoms. The summed E-state index contributed by atoms with van der Waals surface area (Å²) < 4.78 is 52.5. The first-order valence-electron chi connectivity index (χ1n) is 9.03. The van der Waals surface area contributed by atoms with Crippen LogP contribution in [0.1, 0.15) is 26.3 Å². The zero-order valence-electron chi connectivity index (χ0n) is 16.5. The molecule has 0 atom stereocenters. The second-order valence-electron chi connectivity index (χ2n) is 5.90. The fourth-order valence-corrected chi connectivity index (χ4v) is 6.41. The molecule has 2 rings (SSSR count). The van der Waals surface area contributed by atoms with Crippen molar-refractivity contribution in [3.8, 4) is 0 Å². The molecular formula is C20H26NO5PS. The molecule has 0 unspecified atom stereocenters. The summed E-state index contributed by atoms with van der Waals surface area (Å²) in [6.45, 7) is 7.08. The molecule has 0 aliphatic carbocycles. The van der Waals surface area contributed by atoms with Crippen molar-refractivity contribution < 1.29 is 22.0 Å². The maximum atomic E-state index is 13.6. The van der Waals surface area contributed by atoms with E-state index in [1.54, 1.807) is 63.2 Å². The van der Waals surface area contributed by atoms with Gasteiger partial charge >= 0.3 is 7.60 Å². The average molecular weight is 423 g/mol. The van der Waals surface area contributed by atoms with Crippen molar-refractivity contribution >= 4 is 23.3 Å². The number of sulfonamides is 1. The normalized spacial score (nSPS) is 12.8. The Morgan fingerprint density at radius 3 is 2.00 bits per heavy atom. The van der Waals surface area contributed by atoms with E-state index in [4.69, 9.17) is 9.05 Å². The van der Waals surface area contributed by atoms with Crippen LogP contribution < -0.4 is 4.31 Å². The highest BCUT2D eigenvalue weighted by molar-refractivity contribution is 7.93. The average Bonchev–Trinajstić information content (AvgIpc) is 2.67. The van der Waals surface area contributed by atoms with E-state index in [9.17, 15) is 13.0 Å². The van der Waals surface area contributed by atoms with Gasteiger partial charge in [0.1, 0.15) is 5.44 Å². The Bertz CT molecular complexity index is 946. The highest BCUT2D eigenvalue weighted by Crippen LogP contribution is 2.58. The summed E-state index contributed by atoms with van der Waals surface area (Å²) in [6, 6.07) is 15.0. The molecule has 0 amide bonds. The molecule has 2 aromatic rings. The molecule has 28 heavy (non-hydrogen) atoms. The van der Waals surface area contributed by atoms with E-state index in [0.29, 0.717) is 5.69 Å². The first-order chi connectivity index (χ1) is 13.3. The minimum atomic E-state index is -4.07. The van der Waals surface area contributed by atoms with Crippen LogP contribution in [0.3, 0.4) is 0 Å². The van der Waals surface area contributed by atoms with Gasteiger partial charge in [-0.05, 0) is 52.0 Å². The van der Waals surface area contributed by atoms with Gasteiger partial charge in [-0.3, -0.25) is 4.57 Å². The second-order valence-corrected chi connectivity index (χ2v) is 9.65. The van der Waals surface area contributed by atoms with Crippen LogP contribution >= 0.6 is 7.60 Å². The number of nitrogens with zero attached hydrogens (tertiary/aromatic N) is 1. The number of hydrogen-bond donors (Lipinski definition) is 0. The Labute approximate surface area is 167 Å². The van der Waals surface area contributed by atoms with Gasteiger partial charge in [0.25, 0.3) is 10.0 Å². The van der Waals surface area contributed by atoms with Gasteiger partial charge in [-0.15, -0.1) is 0 Å². The van der Waals surface area contributed by atoms with Crippen molar-refractivity contribution in [2.24, 2.45) is 0 Å². The highest BCUT2D eigenvalue weighted by Gasteiger charge is 2.40. The number of benzene rings is 2. The minimum Gasteiger partial charge on any atom is -0.304 e. The molecule has 6 nitrogen and oxygen atoms in total. The van der Waals surface area contributed by atoms with Crippen LogP contribution in [-0.2, 0) is 23.6 Å². The largest absolute Gasteiger partial charge is 0.378 e. The summed E-state index contributed by atoms with van der Waals surface area (Å²) in [6.07, 6.45) is 1.46. The van der Waals surface area contributed by atoms with Crippen LogP contribution in [0.5, 0.6) is 0 Å². The first-order valence-corrected chi connectivity index (χ1v) is 12.0. The van der Waals surface area contributed by atoms with E-state index in [1.807, 2.05) is 6.92 Å². The van der Waals surface area contributed by atoms with Crippen molar-refractivity contribution in [3.05, 3.63) is 71.7 Å². The van der Waals surface area contributed by atoms with Crippen LogP contribution in [0.4, 0.5) is 5.69 Å². The molecule has 0 N–H and O–H groups in total. The van der Waals surface area contributed by atoms with E-state index in [1.165, 1.54) is 18.2 Å². The van der Waals surface area contributed by atoms with Gasteiger partial charge in [-0.25, -0.2) is 12.7 Å². The van der Waals surface area contributed by atoms with Crippen molar-refractivity contribution in [2.75, 3.05) is 17.5 Å². The quantitative estimate of drug-likeness (QED) is 0.511. The van der Waals surface area contributed by atoms with Crippen molar-refractivity contribution in [1.29, 1.82) is 0 Å². The van der Waals surface area contributed by atoms with Gasteiger partial charge in [-0.1, -0.05) is 42.0 Å². The molecule has 0 fully saturated rings. The highest BCUT2D eigenvalue weighted by atomic mass is 32.2. The number of aryl methyl sites for hydroxylation is 1. The van der Waals surface area contributed by atoms with E-state index in [0.717, 1.165) is 9.87 Å². The molecule has 0 saturated heterocycles. The number of hydrogen-bond acceptors (Lipinski definition) is 5. The molecule has 0 saturated carbocycles. The molecule has 0 aliphatic heterocycles. The van der Waals surface area contributed by atoms with Gasteiger partial charge in [0.05, 0.1) is 23.8 Å². The first kappa shape index (κ1) is 22.4. The Balaban J connectivity index is 2.72. The number of allylic oxidation sites excluding steroid dienone is 1. The van der Waals surface area contributed by atoms with Crippen LogP contribution in [0, 0.1) is 6.92 Å². The summed E-state index contributed by atoms with van der Waals surface area (Å²) in [5, 5.41) is 0. The van der Waals surface area contributed by atoms with Crippen LogP contribution in [0.2, 0.25) is 0 Å². The van der Waals surface area contributed by atoms with Gasteiger partial charge in [0.15, 0.2) is 0 Å². The lowest BCUT2D eigenvalue weighted by Crippen LogP contribution is -2.31. The number of anilines is 1. The smallest absolute Gasteiger partial charge is 0.304 e. The molecule has 0 radical (unpaired) electrons. The Kier molecular flexibility index (Phi) is 7.61. The van der Waals surface area contributed by atoms with Crippen molar-refractivity contribution in [3.63, 3.8) is 0 Å². The van der Waals surface area contributed by atoms with Crippen LogP contribution in [0.25, 0.3) is 0 Å². The zero-order chi connectivity index (χ0) is 20.8. The minimum absolute atomic E-state index is 0.0389.